The molecule has 0 heterocycles. The molecule has 0 saturated carbocycles. The average molecular weight is 1860 g/mol. The molecule has 0 aromatic heterocycles. The van der Waals surface area contributed by atoms with E-state index >= 15 is 9.59 Å². The molecule has 0 aliphatic rings. The average Bonchev–Trinajstić information content (AvgIpc) is 0.691. The van der Waals surface area contributed by atoms with Crippen molar-refractivity contribution in [3.8, 4) is 0 Å². The normalized spacial score (nSPS) is 14.0. The van der Waals surface area contributed by atoms with Crippen molar-refractivity contribution in [1.29, 1.82) is 0 Å². The van der Waals surface area contributed by atoms with Crippen molar-refractivity contribution in [3.63, 3.8) is 0 Å². The highest BCUT2D eigenvalue weighted by Gasteiger charge is 2.87. The van der Waals surface area contributed by atoms with Crippen LogP contribution in [-0.4, -0.2) is 102 Å². The maximum Gasteiger partial charge on any atom is 0.451 e. The van der Waals surface area contributed by atoms with E-state index in [0.29, 0.717) is 77.0 Å². The van der Waals surface area contributed by atoms with E-state index in [2.05, 4.69) is 114 Å². The lowest BCUT2D eigenvalue weighted by molar-refractivity contribution is -0.558. The fourth-order valence-corrected chi connectivity index (χ4v) is 16.8. The number of ether oxygens (including phenoxy) is 6. The monoisotopic (exact) mass is 1860 g/mol. The van der Waals surface area contributed by atoms with Crippen LogP contribution in [-0.2, 0) is 57.2 Å². The first-order chi connectivity index (χ1) is 64.3. The molecule has 0 amide bonds. The first kappa shape index (κ1) is 127. The predicted octanol–water partition coefficient (Wildman–Crippen LogP) is 31.9. The molecule has 132 heavy (non-hydrogen) atoms. The first-order valence-corrected chi connectivity index (χ1v) is 55.7. The molecule has 0 radical (unpaired) electrons. The second-order valence-corrected chi connectivity index (χ2v) is 38.3. The quantitative estimate of drug-likeness (QED) is 0.0108. The molecule has 0 aromatic rings. The van der Waals surface area contributed by atoms with Crippen LogP contribution < -0.4 is 0 Å². The zero-order valence-corrected chi connectivity index (χ0v) is 86.1. The van der Waals surface area contributed by atoms with Gasteiger partial charge in [-0.3, -0.25) is 28.8 Å². The summed E-state index contributed by atoms with van der Waals surface area (Å²) >= 11 is 0. The van der Waals surface area contributed by atoms with Gasteiger partial charge in [0, 0.05) is 38.5 Å². The Morgan fingerprint density at radius 1 is 0.174 bits per heavy atom. The number of esters is 6. The molecule has 4 atom stereocenters. The molecule has 0 bridgehead atoms. The molecule has 18 heteroatoms. The van der Waals surface area contributed by atoms with Crippen LogP contribution in [0.15, 0.2) is 72.9 Å². The van der Waals surface area contributed by atoms with Gasteiger partial charge in [-0.15, -0.1) is 0 Å². The van der Waals surface area contributed by atoms with Crippen molar-refractivity contribution >= 4 is 35.8 Å². The lowest BCUT2D eigenvalue weighted by atomic mass is 9.86. The largest absolute Gasteiger partial charge is 0.451 e. The van der Waals surface area contributed by atoms with Gasteiger partial charge in [0.2, 0.25) is 0 Å². The van der Waals surface area contributed by atoms with E-state index in [-0.39, 0.29) is 38.5 Å². The predicted molar refractivity (Wildman–Crippen MR) is 545 cm³/mol. The zero-order valence-electron chi connectivity index (χ0n) is 86.1. The van der Waals surface area contributed by atoms with Gasteiger partial charge >= 0.3 is 64.9 Å². The number of aliphatic hydroxyl groups is 6. The topological polar surface area (TPSA) is 279 Å². The molecule has 0 fully saturated rings. The second kappa shape index (κ2) is 92.4. The molecule has 0 aromatic carbocycles. The Morgan fingerprint density at radius 3 is 0.485 bits per heavy atom. The Balaban J connectivity index is 8.38. The second-order valence-electron chi connectivity index (χ2n) is 38.3. The van der Waals surface area contributed by atoms with Crippen LogP contribution in [0.5, 0.6) is 0 Å². The summed E-state index contributed by atoms with van der Waals surface area (Å²) in [6, 6.07) is 0. The van der Waals surface area contributed by atoms with Crippen molar-refractivity contribution in [2.45, 2.75) is 610 Å². The van der Waals surface area contributed by atoms with Crippen molar-refractivity contribution in [3.05, 3.63) is 72.9 Å². The van der Waals surface area contributed by atoms with E-state index in [0.717, 1.165) is 193 Å². The minimum absolute atomic E-state index is 0.0134. The first-order valence-electron chi connectivity index (χ1n) is 55.7. The summed E-state index contributed by atoms with van der Waals surface area (Å²) in [5.41, 5.74) is 0. The van der Waals surface area contributed by atoms with E-state index in [9.17, 15) is 49.8 Å². The van der Waals surface area contributed by atoms with E-state index in [1.807, 2.05) is 0 Å². The van der Waals surface area contributed by atoms with Crippen molar-refractivity contribution in [2.24, 2.45) is 0 Å². The van der Waals surface area contributed by atoms with E-state index in [1.165, 1.54) is 193 Å². The Kier molecular flexibility index (Phi) is 88.9. The fourth-order valence-electron chi connectivity index (χ4n) is 16.8. The van der Waals surface area contributed by atoms with Gasteiger partial charge in [-0.2, -0.15) is 0 Å². The Morgan fingerprint density at radius 2 is 0.311 bits per heavy atom. The third-order valence-electron chi connectivity index (χ3n) is 25.5. The number of hydrogen-bond donors (Lipinski definition) is 6. The standard InChI is InChI=1S/C114H206O18/c1-7-13-19-25-31-37-43-49-55-61-67-73-79-85-91-97-104(116)127-110(122,103-115)111(123,128-105(117)98-92-86-80-74-68-62-56-50-44-38-32-26-20-14-8-2)112(124,129-106(118)99-93-87-81-75-69-63-57-51-45-39-33-27-21-15-9-3)113(125,130-107(119)100-94-88-82-76-70-64-58-52-46-40-34-28-22-16-10-4)114(126,131-108(120)101-95-89-83-77-71-65-59-53-47-41-35-29-23-17-11-5)132-109(121)102-96-90-84-78-72-66-60-54-48-42-36-30-24-18-12-6/h49-60,115,122-126H,7-48,61-103H2,1-6H3/b55-49-,56-50-,57-51-,58-52-,59-53-,60-54-/t110-,111+,112+,113+/m0/s1. The Labute approximate surface area is 808 Å². The number of aliphatic hydroxyl groups excluding tert-OH is 1. The van der Waals surface area contributed by atoms with E-state index in [1.54, 1.807) is 0 Å². The molecular weight excluding hydrogens is 1660 g/mol. The van der Waals surface area contributed by atoms with Gasteiger partial charge in [0.05, 0.1) is 0 Å². The lowest BCUT2D eigenvalue weighted by Crippen LogP contribution is -2.85. The number of rotatable bonds is 101. The molecule has 6 N–H and O–H groups in total. The van der Waals surface area contributed by atoms with Crippen LogP contribution in [0.25, 0.3) is 0 Å². The van der Waals surface area contributed by atoms with E-state index in [4.69, 9.17) is 28.4 Å². The number of unbranched alkanes of at least 4 members (excludes halogenated alkanes) is 66. The van der Waals surface area contributed by atoms with Crippen LogP contribution in [0, 0.1) is 0 Å². The molecular formula is C114H206O18. The number of hydrogen-bond acceptors (Lipinski definition) is 18. The van der Waals surface area contributed by atoms with Crippen LogP contribution in [0.3, 0.4) is 0 Å². The highest BCUT2D eigenvalue weighted by atomic mass is 16.9. The van der Waals surface area contributed by atoms with Crippen molar-refractivity contribution in [1.82, 2.24) is 0 Å². The summed E-state index contributed by atoms with van der Waals surface area (Å²) in [5, 5.41) is 80.8. The maximum absolute atomic E-state index is 15.2. The summed E-state index contributed by atoms with van der Waals surface area (Å²) in [6.07, 6.45) is 94.9. The highest BCUT2D eigenvalue weighted by molar-refractivity contribution is 5.75. The smallest absolute Gasteiger partial charge is 0.423 e. The maximum atomic E-state index is 15.2. The molecule has 0 saturated heterocycles. The van der Waals surface area contributed by atoms with Gasteiger partial charge in [0.15, 0.2) is 0 Å². The molecule has 0 spiro atoms. The third kappa shape index (κ3) is 69.8. The minimum atomic E-state index is -5.02. The third-order valence-corrected chi connectivity index (χ3v) is 25.5. The Bertz CT molecular complexity index is 2790. The number of carbonyl (C=O) groups is 6. The molecule has 18 nitrogen and oxygen atoms in total. The number of allylic oxidation sites excluding steroid dienone is 12. The summed E-state index contributed by atoms with van der Waals surface area (Å²) < 4.78 is 34.7. The molecule has 0 unspecified atom stereocenters. The highest BCUT2D eigenvalue weighted by Crippen LogP contribution is 2.50. The molecule has 0 aliphatic heterocycles. The van der Waals surface area contributed by atoms with Crippen molar-refractivity contribution < 1.29 is 87.8 Å². The van der Waals surface area contributed by atoms with Crippen LogP contribution in [0.1, 0.15) is 581 Å². The van der Waals surface area contributed by atoms with Gasteiger partial charge in [-0.05, 0) is 193 Å². The summed E-state index contributed by atoms with van der Waals surface area (Å²) in [6.45, 7) is 11.3. The molecule has 0 aliphatic carbocycles. The van der Waals surface area contributed by atoms with Crippen LogP contribution >= 0.6 is 0 Å². The van der Waals surface area contributed by atoms with Crippen LogP contribution in [0.2, 0.25) is 0 Å². The Hall–Kier alpha value is -4.98. The van der Waals surface area contributed by atoms with Gasteiger partial charge < -0.3 is 59.1 Å². The fraction of sp³-hybridized carbons (Fsp3) is 0.842. The van der Waals surface area contributed by atoms with Gasteiger partial charge in [0.25, 0.3) is 0 Å². The lowest BCUT2D eigenvalue weighted by Gasteiger charge is -2.53. The van der Waals surface area contributed by atoms with Gasteiger partial charge in [0.1, 0.15) is 6.61 Å². The van der Waals surface area contributed by atoms with E-state index < -0.39 is 110 Å². The summed E-state index contributed by atoms with van der Waals surface area (Å²) in [7, 11) is 0. The molecule has 770 valence electrons. The van der Waals surface area contributed by atoms with Crippen LogP contribution in [0.4, 0.5) is 0 Å². The van der Waals surface area contributed by atoms with Gasteiger partial charge in [-0.1, -0.05) is 423 Å². The SMILES string of the molecule is CCCCCCCC/C=C\CCCCCCCC(=O)OC(O)(OC(=O)CCCCCCC/C=C\CCCCCCCC)[C@](O)(OC(=O)CCCCCCC/C=C\CCCCCCCC)[C@](O)(OC(=O)CCCCCCC/C=C\CCCCCCCC)[C@](O)(OC(=O)CCCCCCC/C=C\CCCCCCCC)[C@](O)(CO)OC(=O)CCCCCCC/C=C\CCCCCCCC. The minimum Gasteiger partial charge on any atom is -0.423 e. The number of carbonyl (C=O) groups excluding carboxylic acids is 6. The van der Waals surface area contributed by atoms with Gasteiger partial charge in [-0.25, -0.2) is 0 Å². The summed E-state index contributed by atoms with van der Waals surface area (Å²) in [5.74, 6) is -32.4. The zero-order chi connectivity index (χ0) is 96.8. The van der Waals surface area contributed by atoms with Crippen molar-refractivity contribution in [2.75, 3.05) is 6.61 Å². The summed E-state index contributed by atoms with van der Waals surface area (Å²) in [4.78, 5) is 89.5. The molecule has 0 rings (SSSR count).